The molecule has 6 nitrogen and oxygen atoms in total. The van der Waals surface area contributed by atoms with E-state index >= 15 is 0 Å². The summed E-state index contributed by atoms with van der Waals surface area (Å²) >= 11 is 0. The zero-order valence-corrected chi connectivity index (χ0v) is 14.2. The Labute approximate surface area is 141 Å². The van der Waals surface area contributed by atoms with Crippen LogP contribution >= 0.6 is 0 Å². The number of para-hydroxylation sites is 1. The predicted octanol–water partition coefficient (Wildman–Crippen LogP) is 1.64. The number of hydrogen-bond acceptors (Lipinski definition) is 5. The predicted molar refractivity (Wildman–Crippen MR) is 88.8 cm³/mol. The third-order valence-corrected chi connectivity index (χ3v) is 5.70. The number of ether oxygens (including phenoxy) is 2. The highest BCUT2D eigenvalue weighted by atomic mass is 32.2. The molecular weight excluding hydrogens is 330 g/mol. The van der Waals surface area contributed by atoms with Crippen molar-refractivity contribution in [1.82, 2.24) is 4.72 Å². The first-order valence-electron chi connectivity index (χ1n) is 7.47. The SMILES string of the molecule is COc1cccc(C[C@H]2NS(=O)(=O)c3ccccc3[C@H]2O)c1OC. The van der Waals surface area contributed by atoms with E-state index in [-0.39, 0.29) is 11.3 Å². The molecule has 0 saturated heterocycles. The van der Waals surface area contributed by atoms with Gasteiger partial charge in [-0.1, -0.05) is 30.3 Å². The summed E-state index contributed by atoms with van der Waals surface area (Å²) in [5.74, 6) is 1.09. The van der Waals surface area contributed by atoms with Gasteiger partial charge in [-0.3, -0.25) is 0 Å². The largest absolute Gasteiger partial charge is 0.493 e. The van der Waals surface area contributed by atoms with Crippen LogP contribution in [0.2, 0.25) is 0 Å². The highest BCUT2D eigenvalue weighted by molar-refractivity contribution is 7.89. The van der Waals surface area contributed by atoms with Gasteiger partial charge >= 0.3 is 0 Å². The highest BCUT2D eigenvalue weighted by Gasteiger charge is 2.36. The Morgan fingerprint density at radius 1 is 1.08 bits per heavy atom. The summed E-state index contributed by atoms with van der Waals surface area (Å²) < 4.78 is 38.0. The Morgan fingerprint density at radius 3 is 2.54 bits per heavy atom. The van der Waals surface area contributed by atoms with Crippen LogP contribution in [0.4, 0.5) is 0 Å². The topological polar surface area (TPSA) is 84.9 Å². The molecule has 0 bridgehead atoms. The van der Waals surface area contributed by atoms with Crippen LogP contribution in [-0.2, 0) is 16.4 Å². The summed E-state index contributed by atoms with van der Waals surface area (Å²) in [6, 6.07) is 11.2. The monoisotopic (exact) mass is 349 g/mol. The van der Waals surface area contributed by atoms with E-state index < -0.39 is 22.2 Å². The van der Waals surface area contributed by atoms with E-state index in [1.165, 1.54) is 20.3 Å². The third-order valence-electron chi connectivity index (χ3n) is 4.14. The molecule has 0 fully saturated rings. The lowest BCUT2D eigenvalue weighted by Crippen LogP contribution is -2.45. The van der Waals surface area contributed by atoms with Crippen molar-refractivity contribution in [2.45, 2.75) is 23.5 Å². The van der Waals surface area contributed by atoms with Crippen LogP contribution in [0.5, 0.6) is 11.5 Å². The van der Waals surface area contributed by atoms with Crippen molar-refractivity contribution in [3.05, 3.63) is 53.6 Å². The number of rotatable bonds is 4. The number of methoxy groups -OCH3 is 2. The Morgan fingerprint density at radius 2 is 1.83 bits per heavy atom. The Hall–Kier alpha value is -2.09. The van der Waals surface area contributed by atoms with E-state index in [2.05, 4.69) is 4.72 Å². The molecule has 1 aliphatic heterocycles. The van der Waals surface area contributed by atoms with Crippen molar-refractivity contribution in [2.24, 2.45) is 0 Å². The van der Waals surface area contributed by atoms with E-state index in [1.54, 1.807) is 30.3 Å². The quantitative estimate of drug-likeness (QED) is 0.877. The van der Waals surface area contributed by atoms with Gasteiger partial charge in [0, 0.05) is 5.56 Å². The molecule has 24 heavy (non-hydrogen) atoms. The molecule has 7 heteroatoms. The highest BCUT2D eigenvalue weighted by Crippen LogP contribution is 2.36. The van der Waals surface area contributed by atoms with Crippen LogP contribution in [0, 0.1) is 0 Å². The number of aliphatic hydroxyl groups is 1. The van der Waals surface area contributed by atoms with E-state index in [9.17, 15) is 13.5 Å². The molecule has 0 aromatic heterocycles. The first kappa shape index (κ1) is 16.8. The van der Waals surface area contributed by atoms with E-state index in [0.717, 1.165) is 5.56 Å². The lowest BCUT2D eigenvalue weighted by molar-refractivity contribution is 0.131. The fourth-order valence-corrected chi connectivity index (χ4v) is 4.51. The van der Waals surface area contributed by atoms with Gasteiger partial charge in [0.15, 0.2) is 11.5 Å². The molecule has 2 atom stereocenters. The van der Waals surface area contributed by atoms with Gasteiger partial charge in [-0.05, 0) is 24.1 Å². The molecule has 1 heterocycles. The molecule has 0 saturated carbocycles. The van der Waals surface area contributed by atoms with E-state index in [1.807, 2.05) is 6.07 Å². The standard InChI is InChI=1S/C17H19NO5S/c1-22-14-8-5-6-11(17(14)23-2)10-13-16(19)12-7-3-4-9-15(12)24(20,21)18-13/h3-9,13,16,18-19H,10H2,1-2H3/t13-,16-/m1/s1. The number of nitrogens with one attached hydrogen (secondary N) is 1. The molecular formula is C17H19NO5S. The van der Waals surface area contributed by atoms with Crippen molar-refractivity contribution < 1.29 is 23.0 Å². The van der Waals surface area contributed by atoms with Crippen LogP contribution < -0.4 is 14.2 Å². The minimum Gasteiger partial charge on any atom is -0.493 e. The van der Waals surface area contributed by atoms with Gasteiger partial charge in [0.1, 0.15) is 0 Å². The second kappa shape index (κ2) is 6.43. The summed E-state index contributed by atoms with van der Waals surface area (Å²) in [4.78, 5) is 0.117. The second-order valence-electron chi connectivity index (χ2n) is 5.57. The molecule has 128 valence electrons. The summed E-state index contributed by atoms with van der Waals surface area (Å²) in [7, 11) is -0.598. The van der Waals surface area contributed by atoms with E-state index in [0.29, 0.717) is 17.1 Å². The third kappa shape index (κ3) is 2.86. The van der Waals surface area contributed by atoms with Crippen molar-refractivity contribution in [2.75, 3.05) is 14.2 Å². The minimum atomic E-state index is -3.66. The van der Waals surface area contributed by atoms with Crippen LogP contribution in [0.25, 0.3) is 0 Å². The molecule has 2 N–H and O–H groups in total. The summed E-state index contributed by atoms with van der Waals surface area (Å²) in [5.41, 5.74) is 1.16. The van der Waals surface area contributed by atoms with Gasteiger partial charge in [0.25, 0.3) is 0 Å². The van der Waals surface area contributed by atoms with Gasteiger partial charge in [0.05, 0.1) is 31.3 Å². The van der Waals surface area contributed by atoms with Gasteiger partial charge in [-0.2, -0.15) is 0 Å². The average Bonchev–Trinajstić information content (AvgIpc) is 2.59. The van der Waals surface area contributed by atoms with Gasteiger partial charge in [0.2, 0.25) is 10.0 Å². The fraction of sp³-hybridized carbons (Fsp3) is 0.294. The van der Waals surface area contributed by atoms with Crippen molar-refractivity contribution in [3.63, 3.8) is 0 Å². The molecule has 1 aliphatic rings. The Bertz CT molecular complexity index is 850. The van der Waals surface area contributed by atoms with Crippen molar-refractivity contribution >= 4 is 10.0 Å². The summed E-state index contributed by atoms with van der Waals surface area (Å²) in [6.45, 7) is 0. The maximum absolute atomic E-state index is 12.4. The molecule has 3 rings (SSSR count). The van der Waals surface area contributed by atoms with Crippen LogP contribution in [0.3, 0.4) is 0 Å². The first-order valence-corrected chi connectivity index (χ1v) is 8.95. The number of aliphatic hydroxyl groups excluding tert-OH is 1. The number of fused-ring (bicyclic) bond motifs is 1. The normalized spacial score (nSPS) is 21.8. The van der Waals surface area contributed by atoms with Crippen LogP contribution in [0.15, 0.2) is 47.4 Å². The first-order chi connectivity index (χ1) is 11.5. The molecule has 0 unspecified atom stereocenters. The average molecular weight is 349 g/mol. The molecule has 0 radical (unpaired) electrons. The zero-order valence-electron chi connectivity index (χ0n) is 13.4. The van der Waals surface area contributed by atoms with E-state index in [4.69, 9.17) is 9.47 Å². The molecule has 0 spiro atoms. The summed E-state index contributed by atoms with van der Waals surface area (Å²) in [5, 5.41) is 10.6. The Balaban J connectivity index is 1.98. The van der Waals surface area contributed by atoms with Crippen molar-refractivity contribution in [1.29, 1.82) is 0 Å². The lowest BCUT2D eigenvalue weighted by Gasteiger charge is -2.31. The summed E-state index contributed by atoms with van der Waals surface area (Å²) in [6.07, 6.45) is -0.671. The minimum absolute atomic E-state index is 0.117. The molecule has 2 aromatic carbocycles. The zero-order chi connectivity index (χ0) is 17.3. The lowest BCUT2D eigenvalue weighted by atomic mass is 9.96. The molecule has 0 aliphatic carbocycles. The van der Waals surface area contributed by atoms with Gasteiger partial charge < -0.3 is 14.6 Å². The number of sulfonamides is 1. The van der Waals surface area contributed by atoms with Gasteiger partial charge in [-0.25, -0.2) is 13.1 Å². The maximum Gasteiger partial charge on any atom is 0.241 e. The maximum atomic E-state index is 12.4. The second-order valence-corrected chi connectivity index (χ2v) is 7.25. The smallest absolute Gasteiger partial charge is 0.241 e. The number of hydrogen-bond donors (Lipinski definition) is 2. The number of benzene rings is 2. The van der Waals surface area contributed by atoms with Crippen molar-refractivity contribution in [3.8, 4) is 11.5 Å². The van der Waals surface area contributed by atoms with Gasteiger partial charge in [-0.15, -0.1) is 0 Å². The fourth-order valence-electron chi connectivity index (χ4n) is 3.02. The molecule has 2 aromatic rings. The van der Waals surface area contributed by atoms with Crippen LogP contribution in [-0.4, -0.2) is 33.8 Å². The molecule has 0 amide bonds. The Kier molecular flexibility index (Phi) is 4.49. The van der Waals surface area contributed by atoms with Crippen LogP contribution in [0.1, 0.15) is 17.2 Å².